The van der Waals surface area contributed by atoms with E-state index in [2.05, 4.69) is 4.98 Å². The summed E-state index contributed by atoms with van der Waals surface area (Å²) in [4.78, 5) is 29.1. The van der Waals surface area contributed by atoms with Crippen molar-refractivity contribution in [3.05, 3.63) is 23.9 Å². The first-order valence-corrected chi connectivity index (χ1v) is 6.04. The molecule has 102 valence electrons. The van der Waals surface area contributed by atoms with E-state index in [1.165, 1.54) is 18.2 Å². The van der Waals surface area contributed by atoms with Gasteiger partial charge in [-0.25, -0.2) is 9.78 Å². The van der Waals surface area contributed by atoms with Gasteiger partial charge in [0.15, 0.2) is 0 Å². The molecule has 6 nitrogen and oxygen atoms in total. The number of methoxy groups -OCH3 is 1. The first-order valence-electron chi connectivity index (χ1n) is 6.04. The van der Waals surface area contributed by atoms with Crippen LogP contribution in [0.15, 0.2) is 18.3 Å². The number of carbonyl (C=O) groups excluding carboxylic acids is 1. The van der Waals surface area contributed by atoms with E-state index in [1.54, 1.807) is 19.1 Å². The summed E-state index contributed by atoms with van der Waals surface area (Å²) >= 11 is 0. The Morgan fingerprint density at radius 2 is 2.21 bits per heavy atom. The van der Waals surface area contributed by atoms with Crippen LogP contribution < -0.4 is 4.74 Å². The number of carboxylic acid groups (broad SMARTS) is 1. The minimum Gasteiger partial charge on any atom is -0.481 e. The normalized spacial score (nSPS) is 22.3. The molecule has 1 atom stereocenters. The number of nitrogens with zero attached hydrogens (tertiary/aromatic N) is 2. The van der Waals surface area contributed by atoms with Crippen molar-refractivity contribution in [2.45, 2.75) is 25.3 Å². The van der Waals surface area contributed by atoms with Crippen LogP contribution in [0.1, 0.15) is 30.1 Å². The number of likely N-dealkylation sites (tertiary alicyclic amines) is 1. The van der Waals surface area contributed by atoms with Gasteiger partial charge in [0.2, 0.25) is 5.88 Å². The maximum Gasteiger partial charge on any atom is 0.329 e. The van der Waals surface area contributed by atoms with E-state index in [-0.39, 0.29) is 5.91 Å². The number of aliphatic carboxylic acids is 1. The number of carbonyl (C=O) groups is 2. The number of hydrogen-bond donors (Lipinski definition) is 1. The van der Waals surface area contributed by atoms with E-state index >= 15 is 0 Å². The fourth-order valence-electron chi connectivity index (χ4n) is 2.29. The zero-order valence-corrected chi connectivity index (χ0v) is 10.9. The average Bonchev–Trinajstić information content (AvgIpc) is 2.81. The molecule has 0 saturated carbocycles. The Bertz CT molecular complexity index is 500. The van der Waals surface area contributed by atoms with E-state index in [0.717, 1.165) is 0 Å². The third kappa shape index (κ3) is 2.25. The number of ether oxygens (including phenoxy) is 1. The quantitative estimate of drug-likeness (QED) is 0.886. The van der Waals surface area contributed by atoms with Crippen LogP contribution >= 0.6 is 0 Å². The molecule has 19 heavy (non-hydrogen) atoms. The zero-order chi connectivity index (χ0) is 14.0. The highest BCUT2D eigenvalue weighted by atomic mass is 16.5. The van der Waals surface area contributed by atoms with Gasteiger partial charge in [0.25, 0.3) is 5.91 Å². The van der Waals surface area contributed by atoms with Crippen molar-refractivity contribution in [1.82, 2.24) is 9.88 Å². The smallest absolute Gasteiger partial charge is 0.329 e. The van der Waals surface area contributed by atoms with Gasteiger partial charge in [-0.3, -0.25) is 4.79 Å². The Morgan fingerprint density at radius 1 is 1.47 bits per heavy atom. The predicted octanol–water partition coefficient (Wildman–Crippen LogP) is 1.17. The van der Waals surface area contributed by atoms with Gasteiger partial charge in [-0.05, 0) is 25.8 Å². The van der Waals surface area contributed by atoms with Crippen molar-refractivity contribution in [3.8, 4) is 5.88 Å². The molecular weight excluding hydrogens is 248 g/mol. The third-order valence-electron chi connectivity index (χ3n) is 3.54. The van der Waals surface area contributed by atoms with Gasteiger partial charge in [-0.2, -0.15) is 0 Å². The van der Waals surface area contributed by atoms with Crippen LogP contribution in [-0.2, 0) is 4.79 Å². The summed E-state index contributed by atoms with van der Waals surface area (Å²) in [5, 5.41) is 9.29. The predicted molar refractivity (Wildman–Crippen MR) is 67.1 cm³/mol. The monoisotopic (exact) mass is 264 g/mol. The lowest BCUT2D eigenvalue weighted by Gasteiger charge is -2.31. The second kappa shape index (κ2) is 4.87. The molecular formula is C13H16N2O4. The maximum atomic E-state index is 12.3. The third-order valence-corrected chi connectivity index (χ3v) is 3.54. The number of pyridine rings is 1. The van der Waals surface area contributed by atoms with E-state index in [1.807, 2.05) is 0 Å². The molecule has 1 N–H and O–H groups in total. The molecule has 2 rings (SSSR count). The van der Waals surface area contributed by atoms with Gasteiger partial charge in [-0.15, -0.1) is 0 Å². The Morgan fingerprint density at radius 3 is 2.74 bits per heavy atom. The minimum absolute atomic E-state index is 0.308. The van der Waals surface area contributed by atoms with Crippen LogP contribution in [0.5, 0.6) is 5.88 Å². The summed E-state index contributed by atoms with van der Waals surface area (Å²) in [5.74, 6) is -0.864. The Labute approximate surface area is 111 Å². The second-order valence-corrected chi connectivity index (χ2v) is 4.73. The second-order valence-electron chi connectivity index (χ2n) is 4.73. The van der Waals surface area contributed by atoms with Gasteiger partial charge in [0.1, 0.15) is 5.54 Å². The number of amides is 1. The molecule has 0 radical (unpaired) electrons. The molecule has 0 spiro atoms. The zero-order valence-electron chi connectivity index (χ0n) is 10.9. The molecule has 6 heteroatoms. The molecule has 1 fully saturated rings. The summed E-state index contributed by atoms with van der Waals surface area (Å²) in [6.45, 7) is 2.03. The van der Waals surface area contributed by atoms with Crippen molar-refractivity contribution in [3.63, 3.8) is 0 Å². The van der Waals surface area contributed by atoms with Gasteiger partial charge in [0.05, 0.1) is 12.7 Å². The fraction of sp³-hybridized carbons (Fsp3) is 0.462. The van der Waals surface area contributed by atoms with Crippen molar-refractivity contribution in [2.24, 2.45) is 0 Å². The molecule has 1 amide bonds. The van der Waals surface area contributed by atoms with E-state index < -0.39 is 11.5 Å². The van der Waals surface area contributed by atoms with Crippen molar-refractivity contribution in [2.75, 3.05) is 13.7 Å². The molecule has 2 heterocycles. The lowest BCUT2D eigenvalue weighted by Crippen LogP contribution is -2.50. The van der Waals surface area contributed by atoms with Crippen LogP contribution in [0.2, 0.25) is 0 Å². The fourth-order valence-corrected chi connectivity index (χ4v) is 2.29. The summed E-state index contributed by atoms with van der Waals surface area (Å²) in [7, 11) is 1.49. The first-order chi connectivity index (χ1) is 8.99. The van der Waals surface area contributed by atoms with Gasteiger partial charge < -0.3 is 14.7 Å². The lowest BCUT2D eigenvalue weighted by atomic mass is 9.99. The Balaban J connectivity index is 2.25. The molecule has 1 aromatic rings. The number of aromatic nitrogens is 1. The number of carboxylic acids is 1. The van der Waals surface area contributed by atoms with E-state index in [4.69, 9.17) is 4.74 Å². The van der Waals surface area contributed by atoms with E-state index in [9.17, 15) is 14.7 Å². The van der Waals surface area contributed by atoms with Crippen molar-refractivity contribution < 1.29 is 19.4 Å². The number of rotatable bonds is 3. The topological polar surface area (TPSA) is 79.7 Å². The highest BCUT2D eigenvalue weighted by Gasteiger charge is 2.46. The van der Waals surface area contributed by atoms with Crippen molar-refractivity contribution >= 4 is 11.9 Å². The van der Waals surface area contributed by atoms with Crippen LogP contribution in [0.3, 0.4) is 0 Å². The van der Waals surface area contributed by atoms with Gasteiger partial charge in [-0.1, -0.05) is 0 Å². The summed E-state index contributed by atoms with van der Waals surface area (Å²) in [6, 6.07) is 3.18. The van der Waals surface area contributed by atoms with Crippen LogP contribution in [-0.4, -0.2) is 46.1 Å². The maximum absolute atomic E-state index is 12.3. The first kappa shape index (κ1) is 13.3. The summed E-state index contributed by atoms with van der Waals surface area (Å²) < 4.78 is 4.92. The SMILES string of the molecule is COc1ccc(C(=O)N2CCCC2(C)C(=O)O)cn1. The van der Waals surface area contributed by atoms with Crippen LogP contribution in [0, 0.1) is 0 Å². The van der Waals surface area contributed by atoms with Crippen LogP contribution in [0.25, 0.3) is 0 Å². The summed E-state index contributed by atoms with van der Waals surface area (Å²) in [6.07, 6.45) is 2.57. The minimum atomic E-state index is -1.13. The van der Waals surface area contributed by atoms with Gasteiger partial charge in [0, 0.05) is 18.8 Å². The largest absolute Gasteiger partial charge is 0.481 e. The molecule has 1 aromatic heterocycles. The van der Waals surface area contributed by atoms with Crippen molar-refractivity contribution in [1.29, 1.82) is 0 Å². The van der Waals surface area contributed by atoms with Crippen LogP contribution in [0.4, 0.5) is 0 Å². The molecule has 0 aliphatic carbocycles. The molecule has 1 aliphatic rings. The van der Waals surface area contributed by atoms with Gasteiger partial charge >= 0.3 is 5.97 Å². The molecule has 1 unspecified atom stereocenters. The Kier molecular flexibility index (Phi) is 3.42. The lowest BCUT2D eigenvalue weighted by molar-refractivity contribution is -0.147. The highest BCUT2D eigenvalue weighted by molar-refractivity contribution is 5.98. The van der Waals surface area contributed by atoms with E-state index in [0.29, 0.717) is 30.8 Å². The number of hydrogen-bond acceptors (Lipinski definition) is 4. The molecule has 1 saturated heterocycles. The average molecular weight is 264 g/mol. The molecule has 1 aliphatic heterocycles. The molecule has 0 bridgehead atoms. The highest BCUT2D eigenvalue weighted by Crippen LogP contribution is 2.30. The Hall–Kier alpha value is -2.11. The molecule has 0 aromatic carbocycles. The standard InChI is InChI=1S/C13H16N2O4/c1-13(12(17)18)6-3-7-15(13)11(16)9-4-5-10(19-2)14-8-9/h4-5,8H,3,6-7H2,1-2H3,(H,17,18). The summed E-state index contributed by atoms with van der Waals surface area (Å²) in [5.41, 5.74) is -0.757.